The Hall–Kier alpha value is -2.29. The number of hydrogen-bond acceptors (Lipinski definition) is 3. The van der Waals surface area contributed by atoms with Gasteiger partial charge < -0.3 is 9.84 Å². The van der Waals surface area contributed by atoms with Crippen molar-refractivity contribution < 1.29 is 14.6 Å². The van der Waals surface area contributed by atoms with Crippen LogP contribution in [0.2, 0.25) is 0 Å². The smallest absolute Gasteiger partial charge is 0.196 e. The molecule has 0 unspecified atom stereocenters. The van der Waals surface area contributed by atoms with Crippen LogP contribution in [-0.2, 0) is 0 Å². The fourth-order valence-electron chi connectivity index (χ4n) is 2.41. The number of hydrogen-bond donors (Lipinski definition) is 1. The van der Waals surface area contributed by atoms with Crippen LogP contribution in [0, 0.1) is 6.92 Å². The molecule has 0 aliphatic rings. The highest BCUT2D eigenvalue weighted by atomic mass is 16.5. The van der Waals surface area contributed by atoms with E-state index >= 15 is 0 Å². The number of aryl methyl sites for hydroxylation is 1. The Morgan fingerprint density at radius 2 is 1.76 bits per heavy atom. The van der Waals surface area contributed by atoms with Crippen molar-refractivity contribution in [2.24, 2.45) is 0 Å². The third-order valence-corrected chi connectivity index (χ3v) is 3.60. The van der Waals surface area contributed by atoms with Gasteiger partial charge in [-0.05, 0) is 60.4 Å². The summed E-state index contributed by atoms with van der Waals surface area (Å²) in [5.74, 6) is 0.838. The number of ketones is 1. The lowest BCUT2D eigenvalue weighted by Gasteiger charge is -2.13. The van der Waals surface area contributed by atoms with Gasteiger partial charge in [-0.2, -0.15) is 0 Å². The normalized spacial score (nSPS) is 10.7. The van der Waals surface area contributed by atoms with E-state index in [2.05, 4.69) is 13.8 Å². The molecule has 0 saturated heterocycles. The highest BCUT2D eigenvalue weighted by Crippen LogP contribution is 2.29. The van der Waals surface area contributed by atoms with Gasteiger partial charge in [-0.25, -0.2) is 0 Å². The van der Waals surface area contributed by atoms with E-state index < -0.39 is 0 Å². The number of phenols is 1. The van der Waals surface area contributed by atoms with Crippen LogP contribution in [0.1, 0.15) is 46.8 Å². The van der Waals surface area contributed by atoms with Crippen molar-refractivity contribution in [3.05, 3.63) is 58.7 Å². The van der Waals surface area contributed by atoms with E-state index in [-0.39, 0.29) is 11.5 Å². The lowest BCUT2D eigenvalue weighted by Crippen LogP contribution is -2.04. The first-order chi connectivity index (χ1) is 9.93. The summed E-state index contributed by atoms with van der Waals surface area (Å²) in [7, 11) is 1.58. The van der Waals surface area contributed by atoms with Crippen LogP contribution in [-0.4, -0.2) is 18.0 Å². The van der Waals surface area contributed by atoms with Crippen LogP contribution in [0.15, 0.2) is 36.4 Å². The van der Waals surface area contributed by atoms with Crippen LogP contribution >= 0.6 is 0 Å². The second kappa shape index (κ2) is 6.00. The van der Waals surface area contributed by atoms with E-state index in [1.807, 2.05) is 6.92 Å². The van der Waals surface area contributed by atoms with Crippen molar-refractivity contribution >= 4 is 5.78 Å². The predicted molar refractivity (Wildman–Crippen MR) is 83.4 cm³/mol. The molecule has 0 aromatic heterocycles. The van der Waals surface area contributed by atoms with E-state index in [1.54, 1.807) is 43.5 Å². The number of rotatable bonds is 4. The molecule has 0 spiro atoms. The van der Waals surface area contributed by atoms with Crippen molar-refractivity contribution in [2.75, 3.05) is 7.11 Å². The fraction of sp³-hybridized carbons (Fsp3) is 0.278. The second-order valence-corrected chi connectivity index (χ2v) is 5.44. The molecule has 2 rings (SSSR count). The highest BCUT2D eigenvalue weighted by molar-refractivity contribution is 6.10. The summed E-state index contributed by atoms with van der Waals surface area (Å²) in [6.45, 7) is 6.08. The molecule has 3 heteroatoms. The molecule has 0 bridgehead atoms. The Morgan fingerprint density at radius 3 is 2.29 bits per heavy atom. The molecule has 0 heterocycles. The minimum atomic E-state index is -0.183. The largest absolute Gasteiger partial charge is 0.507 e. The zero-order valence-electron chi connectivity index (χ0n) is 12.8. The molecule has 0 radical (unpaired) electrons. The van der Waals surface area contributed by atoms with Crippen LogP contribution < -0.4 is 4.74 Å². The van der Waals surface area contributed by atoms with Crippen molar-refractivity contribution in [3.8, 4) is 11.5 Å². The number of aromatic hydroxyl groups is 1. The van der Waals surface area contributed by atoms with Crippen molar-refractivity contribution in [3.63, 3.8) is 0 Å². The average Bonchev–Trinajstić information content (AvgIpc) is 2.46. The SMILES string of the molecule is COc1ccc(C(=O)c2cc(C(C)C)c(C)cc2O)cc1. The van der Waals surface area contributed by atoms with Gasteiger partial charge in [-0.1, -0.05) is 13.8 Å². The zero-order valence-corrected chi connectivity index (χ0v) is 12.8. The first-order valence-corrected chi connectivity index (χ1v) is 6.96. The number of methoxy groups -OCH3 is 1. The Morgan fingerprint density at radius 1 is 1.14 bits per heavy atom. The Kier molecular flexibility index (Phi) is 4.32. The topological polar surface area (TPSA) is 46.5 Å². The molecule has 2 aromatic carbocycles. The molecular formula is C18H20O3. The van der Waals surface area contributed by atoms with E-state index in [0.717, 1.165) is 11.1 Å². The first-order valence-electron chi connectivity index (χ1n) is 6.96. The van der Waals surface area contributed by atoms with Gasteiger partial charge in [0.05, 0.1) is 12.7 Å². The van der Waals surface area contributed by atoms with Gasteiger partial charge >= 0.3 is 0 Å². The van der Waals surface area contributed by atoms with Crippen LogP contribution in [0.25, 0.3) is 0 Å². The summed E-state index contributed by atoms with van der Waals surface area (Å²) in [6, 6.07) is 10.3. The predicted octanol–water partition coefficient (Wildman–Crippen LogP) is 4.06. The van der Waals surface area contributed by atoms with Gasteiger partial charge in [0.25, 0.3) is 0 Å². The zero-order chi connectivity index (χ0) is 15.6. The number of ether oxygens (including phenoxy) is 1. The molecule has 110 valence electrons. The molecule has 1 N–H and O–H groups in total. The molecule has 0 fully saturated rings. The minimum Gasteiger partial charge on any atom is -0.507 e. The molecule has 0 saturated carbocycles. The summed E-state index contributed by atoms with van der Waals surface area (Å²) in [5, 5.41) is 10.1. The maximum absolute atomic E-state index is 12.6. The number of carbonyl (C=O) groups is 1. The second-order valence-electron chi connectivity index (χ2n) is 5.44. The standard InChI is InChI=1S/C18H20O3/c1-11(2)15-10-16(17(19)9-12(15)3)18(20)13-5-7-14(21-4)8-6-13/h5-11,19H,1-4H3. The average molecular weight is 284 g/mol. The monoisotopic (exact) mass is 284 g/mol. The summed E-state index contributed by atoms with van der Waals surface area (Å²) < 4.78 is 5.08. The van der Waals surface area contributed by atoms with Gasteiger partial charge in [0, 0.05) is 5.56 Å². The summed E-state index contributed by atoms with van der Waals surface area (Å²) >= 11 is 0. The molecule has 0 aliphatic heterocycles. The third kappa shape index (κ3) is 3.07. The summed E-state index contributed by atoms with van der Waals surface area (Å²) in [6.07, 6.45) is 0. The molecule has 0 amide bonds. The maximum Gasteiger partial charge on any atom is 0.196 e. The van der Waals surface area contributed by atoms with Crippen molar-refractivity contribution in [1.82, 2.24) is 0 Å². The lowest BCUT2D eigenvalue weighted by molar-refractivity contribution is 0.103. The van der Waals surface area contributed by atoms with Crippen LogP contribution in [0.5, 0.6) is 11.5 Å². The number of phenolic OH excluding ortho intramolecular Hbond substituents is 1. The Labute approximate surface area is 125 Å². The quantitative estimate of drug-likeness (QED) is 0.861. The fourth-order valence-corrected chi connectivity index (χ4v) is 2.41. The first kappa shape index (κ1) is 15.1. The molecule has 2 aromatic rings. The van der Waals surface area contributed by atoms with Gasteiger partial charge in [-0.3, -0.25) is 4.79 Å². The Bertz CT molecular complexity index is 655. The number of benzene rings is 2. The van der Waals surface area contributed by atoms with Gasteiger partial charge in [0.2, 0.25) is 0 Å². The van der Waals surface area contributed by atoms with Gasteiger partial charge in [-0.15, -0.1) is 0 Å². The molecular weight excluding hydrogens is 264 g/mol. The van der Waals surface area contributed by atoms with E-state index in [9.17, 15) is 9.90 Å². The van der Waals surface area contributed by atoms with Crippen LogP contribution in [0.3, 0.4) is 0 Å². The van der Waals surface area contributed by atoms with Gasteiger partial charge in [0.15, 0.2) is 5.78 Å². The van der Waals surface area contributed by atoms with E-state index in [1.165, 1.54) is 0 Å². The molecule has 3 nitrogen and oxygen atoms in total. The maximum atomic E-state index is 12.6. The minimum absolute atomic E-state index is 0.0257. The van der Waals surface area contributed by atoms with Crippen molar-refractivity contribution in [2.45, 2.75) is 26.7 Å². The van der Waals surface area contributed by atoms with Gasteiger partial charge in [0.1, 0.15) is 11.5 Å². The Balaban J connectivity index is 2.44. The van der Waals surface area contributed by atoms with Crippen LogP contribution in [0.4, 0.5) is 0 Å². The third-order valence-electron chi connectivity index (χ3n) is 3.60. The highest BCUT2D eigenvalue weighted by Gasteiger charge is 2.17. The van der Waals surface area contributed by atoms with E-state index in [4.69, 9.17) is 4.74 Å². The number of carbonyl (C=O) groups excluding carboxylic acids is 1. The van der Waals surface area contributed by atoms with E-state index in [0.29, 0.717) is 22.8 Å². The summed E-state index contributed by atoms with van der Waals surface area (Å²) in [5.41, 5.74) is 2.94. The molecule has 21 heavy (non-hydrogen) atoms. The molecule has 0 aliphatic carbocycles. The van der Waals surface area contributed by atoms with Crippen molar-refractivity contribution in [1.29, 1.82) is 0 Å². The molecule has 0 atom stereocenters. The summed E-state index contributed by atoms with van der Waals surface area (Å²) in [4.78, 5) is 12.6. The lowest BCUT2D eigenvalue weighted by atomic mass is 9.92.